The predicted molar refractivity (Wildman–Crippen MR) is 288 cm³/mol. The summed E-state index contributed by atoms with van der Waals surface area (Å²) >= 11 is 1.78. The summed E-state index contributed by atoms with van der Waals surface area (Å²) < 4.78 is 0. The number of aromatic nitrogens is 15. The lowest BCUT2D eigenvalue weighted by molar-refractivity contribution is 0.429. The number of aryl methyl sites for hydroxylation is 16. The third-order valence-corrected chi connectivity index (χ3v) is 9.20. The monoisotopic (exact) mass is 980 g/mol. The minimum Gasteiger partial charge on any atom is -0.289 e. The molecule has 0 radical (unpaired) electrons. The second-order valence-electron chi connectivity index (χ2n) is 15.9. The molecule has 1 aliphatic rings. The van der Waals surface area contributed by atoms with E-state index in [4.69, 9.17) is 0 Å². The van der Waals surface area contributed by atoms with E-state index in [0.717, 1.165) is 91.8 Å². The van der Waals surface area contributed by atoms with Crippen molar-refractivity contribution < 1.29 is 0 Å². The van der Waals surface area contributed by atoms with Gasteiger partial charge in [0.25, 0.3) is 0 Å². The molecule has 0 N–H and O–H groups in total. The molecular weight excluding hydrogens is 907 g/mol. The van der Waals surface area contributed by atoms with Crippen LogP contribution in [0.15, 0.2) is 110 Å². The summed E-state index contributed by atoms with van der Waals surface area (Å²) in [5.74, 6) is 5.08. The van der Waals surface area contributed by atoms with Crippen LogP contribution >= 0.6 is 11.8 Å². The molecule has 8 aromatic rings. The quantitative estimate of drug-likeness (QED) is 0.138. The molecule has 0 saturated carbocycles. The van der Waals surface area contributed by atoms with E-state index in [9.17, 15) is 0 Å². The zero-order valence-corrected chi connectivity index (χ0v) is 45.8. The first kappa shape index (κ1) is 61.5. The van der Waals surface area contributed by atoms with Gasteiger partial charge < -0.3 is 0 Å². The topological polar surface area (TPSA) is 209 Å². The molecule has 376 valence electrons. The Morgan fingerprint density at radius 1 is 0.352 bits per heavy atom. The van der Waals surface area contributed by atoms with E-state index in [0.29, 0.717) is 0 Å². The van der Waals surface area contributed by atoms with Crippen LogP contribution in [-0.2, 0) is 0 Å². The summed E-state index contributed by atoms with van der Waals surface area (Å²) in [6.45, 7) is 32.9. The molecule has 0 unspecified atom stereocenters. The molecule has 0 atom stereocenters. The Balaban J connectivity index is 0.000000399. The Bertz CT molecular complexity index is 2190. The molecule has 1 aliphatic heterocycles. The number of nitrogens with zero attached hydrogens (tertiary/aromatic N) is 17. The maximum absolute atomic E-state index is 4.17. The number of pyridine rings is 2. The first-order chi connectivity index (χ1) is 33.6. The maximum Gasteiger partial charge on any atom is 0.129 e. The van der Waals surface area contributed by atoms with Gasteiger partial charge in [-0.1, -0.05) is 23.9 Å². The van der Waals surface area contributed by atoms with E-state index in [-0.39, 0.29) is 0 Å². The highest BCUT2D eigenvalue weighted by Crippen LogP contribution is 2.13. The van der Waals surface area contributed by atoms with Crippen molar-refractivity contribution in [2.24, 2.45) is 5.10 Å². The number of thioether (sulfide) groups is 1. The molecule has 71 heavy (non-hydrogen) atoms. The minimum absolute atomic E-state index is 0.775. The molecule has 9 rings (SSSR count). The summed E-state index contributed by atoms with van der Waals surface area (Å²) in [6.07, 6.45) is 17.5. The van der Waals surface area contributed by atoms with Gasteiger partial charge in [-0.25, -0.2) is 44.9 Å². The van der Waals surface area contributed by atoms with Crippen molar-refractivity contribution in [3.63, 3.8) is 0 Å². The van der Waals surface area contributed by atoms with E-state index >= 15 is 0 Å². The van der Waals surface area contributed by atoms with Crippen LogP contribution in [0.2, 0.25) is 0 Å². The fraction of sp³-hybridized carbons (Fsp3) is 0.358. The zero-order chi connectivity index (χ0) is 53.1. The van der Waals surface area contributed by atoms with Crippen LogP contribution in [0.4, 0.5) is 0 Å². The van der Waals surface area contributed by atoms with Gasteiger partial charge >= 0.3 is 0 Å². The van der Waals surface area contributed by atoms with E-state index < -0.39 is 0 Å². The zero-order valence-electron chi connectivity index (χ0n) is 45.0. The third kappa shape index (κ3) is 34.5. The number of rotatable bonds is 0. The van der Waals surface area contributed by atoms with Gasteiger partial charge in [0.1, 0.15) is 35.4 Å². The van der Waals surface area contributed by atoms with E-state index in [1.54, 1.807) is 48.9 Å². The summed E-state index contributed by atoms with van der Waals surface area (Å²) in [7, 11) is 1.98. The van der Waals surface area contributed by atoms with Gasteiger partial charge in [-0.05, 0) is 159 Å². The van der Waals surface area contributed by atoms with Crippen molar-refractivity contribution in [2.75, 3.05) is 12.9 Å². The molecule has 8 aromatic heterocycles. The maximum atomic E-state index is 4.17. The van der Waals surface area contributed by atoms with Gasteiger partial charge in [0.05, 0.1) is 33.7 Å². The lowest BCUT2D eigenvalue weighted by Gasteiger charge is -1.99. The highest BCUT2D eigenvalue weighted by Gasteiger charge is 2.04. The van der Waals surface area contributed by atoms with E-state index in [1.165, 1.54) is 16.9 Å². The van der Waals surface area contributed by atoms with Crippen molar-refractivity contribution in [3.8, 4) is 0 Å². The number of hydrogen-bond donors (Lipinski definition) is 0. The third-order valence-electron chi connectivity index (χ3n) is 8.20. The Labute approximate surface area is 426 Å². The number of hydrazone groups is 1. The van der Waals surface area contributed by atoms with Crippen LogP contribution in [0.3, 0.4) is 0 Å². The fourth-order valence-electron chi connectivity index (χ4n) is 4.85. The first-order valence-electron chi connectivity index (χ1n) is 22.7. The van der Waals surface area contributed by atoms with Gasteiger partial charge in [0.2, 0.25) is 0 Å². The molecule has 17 nitrogen and oxygen atoms in total. The second kappa shape index (κ2) is 35.6. The van der Waals surface area contributed by atoms with Crippen LogP contribution in [0.25, 0.3) is 0 Å². The van der Waals surface area contributed by atoms with Crippen LogP contribution in [-0.4, -0.2) is 97.7 Å². The highest BCUT2D eigenvalue weighted by atomic mass is 32.2. The highest BCUT2D eigenvalue weighted by molar-refractivity contribution is 8.14. The molecule has 18 heteroatoms. The lowest BCUT2D eigenvalue weighted by Crippen LogP contribution is -2.02. The van der Waals surface area contributed by atoms with Gasteiger partial charge in [-0.2, -0.15) is 5.10 Å². The smallest absolute Gasteiger partial charge is 0.129 e. The second-order valence-corrected chi connectivity index (χ2v) is 17.1. The summed E-state index contributed by atoms with van der Waals surface area (Å²) in [4.78, 5) is 59.8. The van der Waals surface area contributed by atoms with Gasteiger partial charge in [-0.15, -0.1) is 0 Å². The van der Waals surface area contributed by atoms with Crippen molar-refractivity contribution in [1.82, 2.24) is 79.8 Å². The van der Waals surface area contributed by atoms with Gasteiger partial charge in [-0.3, -0.25) is 34.9 Å². The average Bonchev–Trinajstić information content (AvgIpc) is 3.69. The first-order valence-corrected chi connectivity index (χ1v) is 23.7. The van der Waals surface area contributed by atoms with Crippen molar-refractivity contribution >= 4 is 16.8 Å². The van der Waals surface area contributed by atoms with Crippen LogP contribution < -0.4 is 0 Å². The van der Waals surface area contributed by atoms with Crippen LogP contribution in [0.1, 0.15) is 98.4 Å². The fourth-order valence-corrected chi connectivity index (χ4v) is 5.47. The molecule has 9 heterocycles. The SMILES string of the molecule is CC1=NN(C)CS1.Cc1ccc(C)nc1.Cc1cccc(C)n1.Cc1ccnc(C)n1.Cc1ccnc(C)n1.Cc1cnc(C)cn1.Cc1cnc(C)nc1.Cc1cncc(C)n1.Cc1ncnc(C)n1. The molecule has 0 aliphatic carbocycles. The van der Waals surface area contributed by atoms with Gasteiger partial charge in [0, 0.05) is 91.3 Å². The molecule has 0 aromatic carbocycles. The number of hydrogen-bond acceptors (Lipinski definition) is 18. The predicted octanol–water partition coefficient (Wildman–Crippen LogP) is 10.3. The molecule has 0 bridgehead atoms. The van der Waals surface area contributed by atoms with Crippen LogP contribution in [0.5, 0.6) is 0 Å². The Morgan fingerprint density at radius 3 is 1.04 bits per heavy atom. The van der Waals surface area contributed by atoms with E-state index in [2.05, 4.69) is 85.9 Å². The van der Waals surface area contributed by atoms with E-state index in [1.807, 2.05) is 185 Å². The summed E-state index contributed by atoms with van der Waals surface area (Å²) in [5.41, 5.74) is 11.5. The van der Waals surface area contributed by atoms with Crippen LogP contribution in [0, 0.1) is 111 Å². The Morgan fingerprint density at radius 2 is 0.789 bits per heavy atom. The van der Waals surface area contributed by atoms with Crippen molar-refractivity contribution in [3.05, 3.63) is 196 Å². The molecule has 0 amide bonds. The lowest BCUT2D eigenvalue weighted by atomic mass is 10.3. The minimum atomic E-state index is 0.775. The normalized spacial score (nSPS) is 10.3. The largest absolute Gasteiger partial charge is 0.289 e. The Kier molecular flexibility index (Phi) is 30.9. The standard InChI is InChI=1S/2C7H9N.5C6H8N2.C5H7N3.C4H8N2S/c1-6-3-4-7(2)8-5-6;1-6-4-3-5-7(2)8-6;1-5-3-8-6(2)4-7-5;1-5-3-7-4-6(2)8-5;1-5-3-7-6(2)8-4-5;2*1-5-3-4-7-6(2)8-5;1-4-6-3-7-5(2)8-4;1-4-5-6(2)3-7-4/h2*3-5H,1-2H3;5*3-4H,1-2H3;3H,1-2H3;3H2,1-2H3. The summed E-state index contributed by atoms with van der Waals surface area (Å²) in [5, 5.41) is 7.20. The molecular formula is C53H73N17S. The Hall–Kier alpha value is -7.47. The molecule has 0 fully saturated rings. The van der Waals surface area contributed by atoms with Crippen molar-refractivity contribution in [2.45, 2.75) is 118 Å². The van der Waals surface area contributed by atoms with Crippen molar-refractivity contribution in [1.29, 1.82) is 0 Å². The average molecular weight is 980 g/mol. The molecule has 0 saturated heterocycles. The summed E-state index contributed by atoms with van der Waals surface area (Å²) in [6, 6.07) is 13.8. The molecule has 0 spiro atoms. The van der Waals surface area contributed by atoms with Gasteiger partial charge in [0.15, 0.2) is 0 Å².